The Morgan fingerprint density at radius 3 is 2.06 bits per heavy atom. The second-order valence-corrected chi connectivity index (χ2v) is 7.73. The Hall–Kier alpha value is -4.07. The van der Waals surface area contributed by atoms with Crippen LogP contribution in [-0.4, -0.2) is 18.2 Å². The van der Waals surface area contributed by atoms with Crippen LogP contribution in [0.4, 0.5) is 18.9 Å². The molecule has 0 aromatic heterocycles. The molecule has 0 heterocycles. The molecule has 0 saturated carbocycles. The predicted molar refractivity (Wildman–Crippen MR) is 124 cm³/mol. The van der Waals surface area contributed by atoms with Crippen LogP contribution in [0.15, 0.2) is 84.6 Å². The fourth-order valence-corrected chi connectivity index (χ4v) is 3.02. The predicted octanol–water partition coefficient (Wildman–Crippen LogP) is 6.12. The molecule has 0 aliphatic rings. The molecule has 3 rings (SSSR count). The van der Waals surface area contributed by atoms with Gasteiger partial charge in [-0.2, -0.15) is 0 Å². The van der Waals surface area contributed by atoms with Crippen LogP contribution in [0, 0.1) is 0 Å². The van der Waals surface area contributed by atoms with Crippen LogP contribution in [0.25, 0.3) is 6.08 Å². The molecule has 0 bridgehead atoms. The third-order valence-corrected chi connectivity index (χ3v) is 4.79. The first-order valence-corrected chi connectivity index (χ1v) is 10.5. The van der Waals surface area contributed by atoms with Crippen molar-refractivity contribution in [3.8, 4) is 5.75 Å². The Morgan fingerprint density at radius 2 is 1.50 bits per heavy atom. The van der Waals surface area contributed by atoms with Crippen molar-refractivity contribution in [2.75, 3.05) is 5.32 Å². The number of benzene rings is 3. The van der Waals surface area contributed by atoms with Gasteiger partial charge >= 0.3 is 6.36 Å². The normalized spacial score (nSPS) is 11.8. The number of carbonyl (C=O) groups is 2. The first kappa shape index (κ1) is 24.6. The summed E-state index contributed by atoms with van der Waals surface area (Å²) in [6, 6.07) is 20.6. The number of carbonyl (C=O) groups excluding carboxylic acids is 2. The maximum absolute atomic E-state index is 13.0. The summed E-state index contributed by atoms with van der Waals surface area (Å²) < 4.78 is 40.9. The van der Waals surface area contributed by atoms with Crippen LogP contribution in [0.2, 0.25) is 0 Å². The van der Waals surface area contributed by atoms with E-state index in [1.165, 1.54) is 18.2 Å². The van der Waals surface area contributed by atoms with Gasteiger partial charge in [-0.05, 0) is 59.5 Å². The molecule has 3 aromatic carbocycles. The smallest absolute Gasteiger partial charge is 0.406 e. The highest BCUT2D eigenvalue weighted by atomic mass is 19.4. The lowest BCUT2D eigenvalue weighted by atomic mass is 10.0. The van der Waals surface area contributed by atoms with E-state index in [-0.39, 0.29) is 11.4 Å². The van der Waals surface area contributed by atoms with Gasteiger partial charge in [0.05, 0.1) is 0 Å². The van der Waals surface area contributed by atoms with Crippen molar-refractivity contribution in [3.05, 3.63) is 101 Å². The third kappa shape index (κ3) is 7.23. The molecule has 0 saturated heterocycles. The van der Waals surface area contributed by atoms with E-state index in [9.17, 15) is 22.8 Å². The van der Waals surface area contributed by atoms with Crippen molar-refractivity contribution in [1.82, 2.24) is 5.32 Å². The molecular formula is C26H23F3N2O3. The largest absolute Gasteiger partial charge is 0.573 e. The van der Waals surface area contributed by atoms with Gasteiger partial charge in [0.15, 0.2) is 0 Å². The molecule has 8 heteroatoms. The minimum absolute atomic E-state index is 0.0261. The molecule has 3 aromatic rings. The van der Waals surface area contributed by atoms with Crippen molar-refractivity contribution in [1.29, 1.82) is 0 Å². The van der Waals surface area contributed by atoms with Gasteiger partial charge in [-0.25, -0.2) is 0 Å². The van der Waals surface area contributed by atoms with E-state index in [0.717, 1.165) is 17.7 Å². The molecule has 0 aliphatic carbocycles. The van der Waals surface area contributed by atoms with E-state index in [1.54, 1.807) is 30.3 Å². The zero-order valence-electron chi connectivity index (χ0n) is 18.5. The average molecular weight is 468 g/mol. The third-order valence-electron chi connectivity index (χ3n) is 4.79. The molecule has 0 fully saturated rings. The monoisotopic (exact) mass is 468 g/mol. The molecule has 5 nitrogen and oxygen atoms in total. The summed E-state index contributed by atoms with van der Waals surface area (Å²) in [6.07, 6.45) is -3.28. The highest BCUT2D eigenvalue weighted by Crippen LogP contribution is 2.24. The Kier molecular flexibility index (Phi) is 7.73. The Labute approximate surface area is 195 Å². The van der Waals surface area contributed by atoms with Crippen molar-refractivity contribution in [2.45, 2.75) is 26.1 Å². The standard InChI is InChI=1S/C26H23F3N2O3/c1-17(2)19-10-8-18(9-11-19)16-23(31-24(32)20-6-4-3-5-7-20)25(33)30-21-12-14-22(15-13-21)34-26(27,28)29/h3-17H,1-2H3,(H,30,33)(H,31,32)/b23-16-. The van der Waals surface area contributed by atoms with E-state index in [4.69, 9.17) is 0 Å². The first-order chi connectivity index (χ1) is 16.1. The Balaban J connectivity index is 1.83. The fraction of sp³-hybridized carbons (Fsp3) is 0.154. The van der Waals surface area contributed by atoms with Crippen molar-refractivity contribution in [3.63, 3.8) is 0 Å². The second kappa shape index (κ2) is 10.7. The van der Waals surface area contributed by atoms with Gasteiger partial charge in [-0.1, -0.05) is 56.3 Å². The number of hydrogen-bond acceptors (Lipinski definition) is 3. The molecule has 2 N–H and O–H groups in total. The van der Waals surface area contributed by atoms with E-state index >= 15 is 0 Å². The van der Waals surface area contributed by atoms with E-state index in [0.29, 0.717) is 17.0 Å². The summed E-state index contributed by atoms with van der Waals surface area (Å²) in [5, 5.41) is 5.20. The van der Waals surface area contributed by atoms with Crippen LogP contribution < -0.4 is 15.4 Å². The Morgan fingerprint density at radius 1 is 0.882 bits per heavy atom. The van der Waals surface area contributed by atoms with Crippen LogP contribution in [0.3, 0.4) is 0 Å². The van der Waals surface area contributed by atoms with Gasteiger partial charge in [-0.3, -0.25) is 9.59 Å². The fourth-order valence-electron chi connectivity index (χ4n) is 3.02. The zero-order valence-corrected chi connectivity index (χ0v) is 18.5. The number of anilines is 1. The summed E-state index contributed by atoms with van der Waals surface area (Å²) in [5.41, 5.74) is 2.38. The first-order valence-electron chi connectivity index (χ1n) is 10.5. The highest BCUT2D eigenvalue weighted by Gasteiger charge is 2.31. The topological polar surface area (TPSA) is 67.4 Å². The lowest BCUT2D eigenvalue weighted by molar-refractivity contribution is -0.274. The van der Waals surface area contributed by atoms with Gasteiger partial charge in [0.2, 0.25) is 0 Å². The number of ether oxygens (including phenoxy) is 1. The van der Waals surface area contributed by atoms with E-state index < -0.39 is 23.9 Å². The summed E-state index contributed by atoms with van der Waals surface area (Å²) in [7, 11) is 0. The van der Waals surface area contributed by atoms with Gasteiger partial charge in [-0.15, -0.1) is 13.2 Å². The molecule has 2 amide bonds. The Bertz CT molecular complexity index is 1150. The van der Waals surface area contributed by atoms with Crippen LogP contribution in [0.1, 0.15) is 41.3 Å². The molecule has 0 spiro atoms. The number of halogens is 3. The summed E-state index contributed by atoms with van der Waals surface area (Å²) in [5.74, 6) is -1.19. The van der Waals surface area contributed by atoms with Crippen LogP contribution in [-0.2, 0) is 4.79 Å². The van der Waals surface area contributed by atoms with Crippen molar-refractivity contribution in [2.24, 2.45) is 0 Å². The molecule has 176 valence electrons. The maximum Gasteiger partial charge on any atom is 0.573 e. The molecule has 34 heavy (non-hydrogen) atoms. The number of rotatable bonds is 7. The quantitative estimate of drug-likeness (QED) is 0.411. The summed E-state index contributed by atoms with van der Waals surface area (Å²) in [4.78, 5) is 25.6. The molecule has 0 radical (unpaired) electrons. The minimum atomic E-state index is -4.81. The van der Waals surface area contributed by atoms with Gasteiger partial charge < -0.3 is 15.4 Å². The lowest BCUT2D eigenvalue weighted by Gasteiger charge is -2.13. The molecule has 0 unspecified atom stereocenters. The average Bonchev–Trinajstić information content (AvgIpc) is 2.80. The van der Waals surface area contributed by atoms with Crippen LogP contribution in [0.5, 0.6) is 5.75 Å². The number of hydrogen-bond donors (Lipinski definition) is 2. The molecular weight excluding hydrogens is 445 g/mol. The summed E-state index contributed by atoms with van der Waals surface area (Å²) >= 11 is 0. The summed E-state index contributed by atoms with van der Waals surface area (Å²) in [6.45, 7) is 4.13. The van der Waals surface area contributed by atoms with E-state index in [1.807, 2.05) is 24.3 Å². The van der Waals surface area contributed by atoms with Gasteiger partial charge in [0.25, 0.3) is 11.8 Å². The van der Waals surface area contributed by atoms with E-state index in [2.05, 4.69) is 29.2 Å². The van der Waals surface area contributed by atoms with Gasteiger partial charge in [0, 0.05) is 11.3 Å². The van der Waals surface area contributed by atoms with Gasteiger partial charge in [0.1, 0.15) is 11.4 Å². The second-order valence-electron chi connectivity index (χ2n) is 7.73. The van der Waals surface area contributed by atoms with Crippen LogP contribution >= 0.6 is 0 Å². The number of nitrogens with one attached hydrogen (secondary N) is 2. The molecule has 0 atom stereocenters. The van der Waals surface area contributed by atoms with Crippen molar-refractivity contribution < 1.29 is 27.5 Å². The SMILES string of the molecule is CC(C)c1ccc(/C=C(\NC(=O)c2ccccc2)C(=O)Nc2ccc(OC(F)(F)F)cc2)cc1. The van der Waals surface area contributed by atoms with Crippen molar-refractivity contribution >= 4 is 23.6 Å². The molecule has 0 aliphatic heterocycles. The lowest BCUT2D eigenvalue weighted by Crippen LogP contribution is -2.30. The highest BCUT2D eigenvalue weighted by molar-refractivity contribution is 6.10. The number of amides is 2. The zero-order chi connectivity index (χ0) is 24.7. The number of alkyl halides is 3. The maximum atomic E-state index is 13.0. The minimum Gasteiger partial charge on any atom is -0.406 e.